The highest BCUT2D eigenvalue weighted by Gasteiger charge is 2.32. The molecule has 1 aliphatic carbocycles. The first-order chi connectivity index (χ1) is 9.79. The number of carbonyl (C=O) groups excluding carboxylic acids is 1. The summed E-state index contributed by atoms with van der Waals surface area (Å²) in [4.78, 5) is 14.2. The number of rotatable bonds is 3. The summed E-state index contributed by atoms with van der Waals surface area (Å²) < 4.78 is 1.66. The van der Waals surface area contributed by atoms with Gasteiger partial charge in [-0.15, -0.1) is 15.3 Å². The Balaban J connectivity index is 1.47. The molecule has 1 aliphatic heterocycles. The molecule has 1 N–H and O–H groups in total. The van der Waals surface area contributed by atoms with Crippen molar-refractivity contribution in [3.63, 3.8) is 0 Å². The van der Waals surface area contributed by atoms with Crippen LogP contribution >= 0.6 is 0 Å². The number of carbonyl (C=O) groups is 1. The van der Waals surface area contributed by atoms with Gasteiger partial charge in [0.25, 0.3) is 0 Å². The lowest BCUT2D eigenvalue weighted by Gasteiger charge is -2.17. The minimum Gasteiger partial charge on any atom is -0.354 e. The number of anilines is 1. The average molecular weight is 272 g/mol. The van der Waals surface area contributed by atoms with Gasteiger partial charge in [0.05, 0.1) is 5.92 Å². The molecular weight excluding hydrogens is 256 g/mol. The standard InChI is InChI=1S/C13H16N6O/c20-13(15-10-1-2-10)9-5-6-18(7-9)12-4-3-11-16-14-8-19(11)17-12/h3-4,8-10H,1-2,5-7H2,(H,15,20). The minimum absolute atomic E-state index is 0.0778. The monoisotopic (exact) mass is 272 g/mol. The van der Waals surface area contributed by atoms with E-state index in [1.165, 1.54) is 0 Å². The van der Waals surface area contributed by atoms with Gasteiger partial charge in [-0.2, -0.15) is 4.52 Å². The molecule has 1 saturated carbocycles. The van der Waals surface area contributed by atoms with Crippen molar-refractivity contribution >= 4 is 17.4 Å². The van der Waals surface area contributed by atoms with Crippen molar-refractivity contribution in [1.29, 1.82) is 0 Å². The lowest BCUT2D eigenvalue weighted by Crippen LogP contribution is -2.34. The van der Waals surface area contributed by atoms with Crippen LogP contribution in [0.25, 0.3) is 5.65 Å². The van der Waals surface area contributed by atoms with E-state index in [0.717, 1.165) is 43.8 Å². The number of fused-ring (bicyclic) bond motifs is 1. The first-order valence-electron chi connectivity index (χ1n) is 7.02. The van der Waals surface area contributed by atoms with Crippen LogP contribution in [0.3, 0.4) is 0 Å². The van der Waals surface area contributed by atoms with E-state index in [4.69, 9.17) is 0 Å². The third kappa shape index (κ3) is 2.09. The summed E-state index contributed by atoms with van der Waals surface area (Å²) in [6.07, 6.45) is 4.74. The Hall–Kier alpha value is -2.18. The van der Waals surface area contributed by atoms with Crippen LogP contribution in [0.1, 0.15) is 19.3 Å². The second-order valence-electron chi connectivity index (χ2n) is 5.54. The summed E-state index contributed by atoms with van der Waals surface area (Å²) in [5.74, 6) is 1.15. The van der Waals surface area contributed by atoms with E-state index in [0.29, 0.717) is 6.04 Å². The average Bonchev–Trinajstić information content (AvgIpc) is 2.96. The predicted molar refractivity (Wildman–Crippen MR) is 72.3 cm³/mol. The number of nitrogens with one attached hydrogen (secondary N) is 1. The van der Waals surface area contributed by atoms with E-state index >= 15 is 0 Å². The lowest BCUT2D eigenvalue weighted by molar-refractivity contribution is -0.124. The molecule has 0 spiro atoms. The van der Waals surface area contributed by atoms with E-state index in [2.05, 4.69) is 25.5 Å². The van der Waals surface area contributed by atoms with Crippen molar-refractivity contribution in [2.75, 3.05) is 18.0 Å². The summed E-state index contributed by atoms with van der Waals surface area (Å²) in [7, 11) is 0. The van der Waals surface area contributed by atoms with Crippen LogP contribution in [0.5, 0.6) is 0 Å². The summed E-state index contributed by atoms with van der Waals surface area (Å²) in [5.41, 5.74) is 0.732. The van der Waals surface area contributed by atoms with E-state index in [-0.39, 0.29) is 11.8 Å². The van der Waals surface area contributed by atoms with Gasteiger partial charge in [-0.25, -0.2) is 0 Å². The highest BCUT2D eigenvalue weighted by molar-refractivity contribution is 5.80. The van der Waals surface area contributed by atoms with Gasteiger partial charge >= 0.3 is 0 Å². The Morgan fingerprint density at radius 3 is 3.05 bits per heavy atom. The summed E-state index contributed by atoms with van der Waals surface area (Å²) >= 11 is 0. The van der Waals surface area contributed by atoms with Crippen LogP contribution < -0.4 is 10.2 Å². The van der Waals surface area contributed by atoms with E-state index in [9.17, 15) is 4.79 Å². The van der Waals surface area contributed by atoms with Crippen molar-refractivity contribution in [2.24, 2.45) is 5.92 Å². The van der Waals surface area contributed by atoms with E-state index in [1.807, 2.05) is 12.1 Å². The van der Waals surface area contributed by atoms with Crippen LogP contribution in [0.2, 0.25) is 0 Å². The van der Waals surface area contributed by atoms with E-state index < -0.39 is 0 Å². The van der Waals surface area contributed by atoms with Crippen LogP contribution in [0.15, 0.2) is 18.5 Å². The molecule has 0 bridgehead atoms. The molecule has 2 aromatic rings. The number of aromatic nitrogens is 4. The van der Waals surface area contributed by atoms with Gasteiger partial charge in [0, 0.05) is 19.1 Å². The highest BCUT2D eigenvalue weighted by Crippen LogP contribution is 2.24. The van der Waals surface area contributed by atoms with Crippen molar-refractivity contribution in [2.45, 2.75) is 25.3 Å². The number of nitrogens with zero attached hydrogens (tertiary/aromatic N) is 5. The molecule has 2 fully saturated rings. The molecule has 1 amide bonds. The smallest absolute Gasteiger partial charge is 0.225 e. The topological polar surface area (TPSA) is 75.4 Å². The third-order valence-corrected chi connectivity index (χ3v) is 3.95. The molecule has 1 saturated heterocycles. The van der Waals surface area contributed by atoms with Gasteiger partial charge in [0.1, 0.15) is 12.1 Å². The molecule has 104 valence electrons. The highest BCUT2D eigenvalue weighted by atomic mass is 16.2. The molecule has 1 unspecified atom stereocenters. The summed E-state index contributed by atoms with van der Waals surface area (Å²) in [6, 6.07) is 4.26. The maximum Gasteiger partial charge on any atom is 0.225 e. The number of hydrogen-bond donors (Lipinski definition) is 1. The number of hydrogen-bond acceptors (Lipinski definition) is 5. The number of amides is 1. The molecule has 7 nitrogen and oxygen atoms in total. The van der Waals surface area contributed by atoms with Crippen molar-refractivity contribution < 1.29 is 4.79 Å². The van der Waals surface area contributed by atoms with Gasteiger partial charge in [-0.1, -0.05) is 0 Å². The SMILES string of the molecule is O=C(NC1CC1)C1CCN(c2ccc3nncn3n2)C1. The maximum absolute atomic E-state index is 12.1. The second-order valence-corrected chi connectivity index (χ2v) is 5.54. The third-order valence-electron chi connectivity index (χ3n) is 3.95. The van der Waals surface area contributed by atoms with E-state index in [1.54, 1.807) is 10.8 Å². The van der Waals surface area contributed by atoms with Gasteiger partial charge in [-0.05, 0) is 31.4 Å². The summed E-state index contributed by atoms with van der Waals surface area (Å²) in [5, 5.41) is 15.3. The van der Waals surface area contributed by atoms with Crippen LogP contribution in [0, 0.1) is 5.92 Å². The molecule has 2 aliphatic rings. The fourth-order valence-electron chi connectivity index (χ4n) is 2.62. The zero-order valence-electron chi connectivity index (χ0n) is 11.1. The minimum atomic E-state index is 0.0778. The maximum atomic E-state index is 12.1. The first kappa shape index (κ1) is 11.6. The largest absolute Gasteiger partial charge is 0.354 e. The fraction of sp³-hybridized carbons (Fsp3) is 0.538. The Bertz CT molecular complexity index is 649. The second kappa shape index (κ2) is 4.43. The normalized spacial score (nSPS) is 22.4. The Kier molecular flexibility index (Phi) is 2.58. The zero-order valence-corrected chi connectivity index (χ0v) is 11.1. The molecule has 4 rings (SSSR count). The molecule has 7 heteroatoms. The fourth-order valence-corrected chi connectivity index (χ4v) is 2.62. The Labute approximate surface area is 116 Å². The first-order valence-corrected chi connectivity index (χ1v) is 7.02. The van der Waals surface area contributed by atoms with Crippen LogP contribution in [0.4, 0.5) is 5.82 Å². The van der Waals surface area contributed by atoms with Crippen molar-refractivity contribution in [3.05, 3.63) is 18.5 Å². The van der Waals surface area contributed by atoms with Gasteiger partial charge in [0.2, 0.25) is 5.91 Å². The summed E-state index contributed by atoms with van der Waals surface area (Å²) in [6.45, 7) is 1.60. The molecule has 1 atom stereocenters. The Morgan fingerprint density at radius 1 is 1.30 bits per heavy atom. The molecule has 2 aromatic heterocycles. The quantitative estimate of drug-likeness (QED) is 0.865. The van der Waals surface area contributed by atoms with Crippen molar-refractivity contribution in [3.8, 4) is 0 Å². The molecule has 0 radical (unpaired) electrons. The molecule has 20 heavy (non-hydrogen) atoms. The van der Waals surface area contributed by atoms with Crippen LogP contribution in [-0.2, 0) is 4.79 Å². The lowest BCUT2D eigenvalue weighted by atomic mass is 10.1. The van der Waals surface area contributed by atoms with Gasteiger partial charge in [-0.3, -0.25) is 4.79 Å². The zero-order chi connectivity index (χ0) is 13.5. The van der Waals surface area contributed by atoms with Crippen molar-refractivity contribution in [1.82, 2.24) is 25.1 Å². The predicted octanol–water partition coefficient (Wildman–Crippen LogP) is 0.229. The molecule has 3 heterocycles. The van der Waals surface area contributed by atoms with Gasteiger partial charge in [0.15, 0.2) is 5.65 Å². The van der Waals surface area contributed by atoms with Crippen LogP contribution in [-0.4, -0.2) is 44.8 Å². The molecular formula is C13H16N6O. The molecule has 0 aromatic carbocycles. The Morgan fingerprint density at radius 2 is 2.20 bits per heavy atom. The van der Waals surface area contributed by atoms with Gasteiger partial charge < -0.3 is 10.2 Å².